The molecule has 130 valence electrons. The topological polar surface area (TPSA) is 37.3 Å². The first kappa shape index (κ1) is 21.2. The van der Waals surface area contributed by atoms with Crippen LogP contribution in [0.2, 0.25) is 0 Å². The summed E-state index contributed by atoms with van der Waals surface area (Å²) in [5.41, 5.74) is 0.991. The number of hydrogen-bond acceptors (Lipinski definition) is 1. The molecule has 0 fully saturated rings. The summed E-state index contributed by atoms with van der Waals surface area (Å²) >= 11 is 0. The van der Waals surface area contributed by atoms with Gasteiger partial charge in [-0.1, -0.05) is 90.0 Å². The number of hydrogen-bond donors (Lipinski definition) is 1. The monoisotopic (exact) mass is 310 g/mol. The van der Waals surface area contributed by atoms with E-state index in [2.05, 4.69) is 13.8 Å². The number of rotatable bonds is 15. The Labute approximate surface area is 138 Å². The van der Waals surface area contributed by atoms with Crippen molar-refractivity contribution in [2.75, 3.05) is 0 Å². The molecule has 0 saturated carbocycles. The number of unbranched alkanes of at least 4 members (excludes halogenated alkanes) is 10. The van der Waals surface area contributed by atoms with Crippen molar-refractivity contribution in [2.24, 2.45) is 5.92 Å². The van der Waals surface area contributed by atoms with Gasteiger partial charge in [0, 0.05) is 6.08 Å². The molecule has 0 aliphatic heterocycles. The number of allylic oxidation sites excluding steroid dienone is 1. The van der Waals surface area contributed by atoms with E-state index in [0.717, 1.165) is 24.3 Å². The van der Waals surface area contributed by atoms with Gasteiger partial charge in [0.05, 0.1) is 0 Å². The second-order valence-corrected chi connectivity index (χ2v) is 7.15. The number of carbonyl (C=O) groups is 1. The SMILES string of the molecule is CC(=CC(=O)O)CCCCCCCCCCCCCC(C)C. The molecule has 22 heavy (non-hydrogen) atoms. The second-order valence-electron chi connectivity index (χ2n) is 7.15. The molecule has 0 rings (SSSR count). The van der Waals surface area contributed by atoms with Gasteiger partial charge in [0.25, 0.3) is 0 Å². The third-order valence-corrected chi connectivity index (χ3v) is 4.22. The highest BCUT2D eigenvalue weighted by atomic mass is 16.4. The molecule has 0 amide bonds. The Kier molecular flexibility index (Phi) is 14.6. The lowest BCUT2D eigenvalue weighted by atomic mass is 10.0. The van der Waals surface area contributed by atoms with E-state index in [1.165, 1.54) is 76.7 Å². The van der Waals surface area contributed by atoms with Crippen LogP contribution in [0, 0.1) is 5.92 Å². The van der Waals surface area contributed by atoms with Crippen LogP contribution in [0.4, 0.5) is 0 Å². The number of carboxylic acids is 1. The van der Waals surface area contributed by atoms with Crippen LogP contribution < -0.4 is 0 Å². The average molecular weight is 311 g/mol. The molecule has 0 atom stereocenters. The minimum atomic E-state index is -0.818. The second kappa shape index (κ2) is 15.1. The highest BCUT2D eigenvalue weighted by molar-refractivity contribution is 5.80. The molecule has 2 heteroatoms. The van der Waals surface area contributed by atoms with Crippen LogP contribution in [0.25, 0.3) is 0 Å². The molecule has 0 unspecified atom stereocenters. The quantitative estimate of drug-likeness (QED) is 0.268. The summed E-state index contributed by atoms with van der Waals surface area (Å²) in [5, 5.41) is 8.62. The normalized spacial score (nSPS) is 12.1. The minimum Gasteiger partial charge on any atom is -0.478 e. The Morgan fingerprint density at radius 1 is 0.818 bits per heavy atom. The van der Waals surface area contributed by atoms with Crippen molar-refractivity contribution < 1.29 is 9.90 Å². The van der Waals surface area contributed by atoms with Crippen LogP contribution in [-0.2, 0) is 4.79 Å². The van der Waals surface area contributed by atoms with Gasteiger partial charge in [-0.05, 0) is 25.7 Å². The smallest absolute Gasteiger partial charge is 0.328 e. The van der Waals surface area contributed by atoms with Gasteiger partial charge in [0.15, 0.2) is 0 Å². The number of aliphatic carboxylic acids is 1. The first-order valence-corrected chi connectivity index (χ1v) is 9.42. The predicted octanol–water partition coefficient (Wildman–Crippen LogP) is 6.74. The van der Waals surface area contributed by atoms with Crippen LogP contribution in [-0.4, -0.2) is 11.1 Å². The summed E-state index contributed by atoms with van der Waals surface area (Å²) in [4.78, 5) is 10.5. The van der Waals surface area contributed by atoms with E-state index in [1.807, 2.05) is 6.92 Å². The van der Waals surface area contributed by atoms with Gasteiger partial charge in [0.2, 0.25) is 0 Å². The average Bonchev–Trinajstić information content (AvgIpc) is 2.42. The Morgan fingerprint density at radius 3 is 1.64 bits per heavy atom. The van der Waals surface area contributed by atoms with Crippen molar-refractivity contribution in [3.05, 3.63) is 11.6 Å². The van der Waals surface area contributed by atoms with Gasteiger partial charge >= 0.3 is 5.97 Å². The van der Waals surface area contributed by atoms with E-state index in [-0.39, 0.29) is 0 Å². The minimum absolute atomic E-state index is 0.818. The molecule has 0 aliphatic rings. The summed E-state index contributed by atoms with van der Waals surface area (Å²) in [6, 6.07) is 0. The zero-order valence-corrected chi connectivity index (χ0v) is 15.2. The lowest BCUT2D eigenvalue weighted by Gasteiger charge is -2.05. The van der Waals surface area contributed by atoms with Crippen LogP contribution >= 0.6 is 0 Å². The largest absolute Gasteiger partial charge is 0.478 e. The first-order valence-electron chi connectivity index (χ1n) is 9.42. The lowest BCUT2D eigenvalue weighted by molar-refractivity contribution is -0.131. The van der Waals surface area contributed by atoms with Crippen molar-refractivity contribution in [3.8, 4) is 0 Å². The maximum Gasteiger partial charge on any atom is 0.328 e. The third-order valence-electron chi connectivity index (χ3n) is 4.22. The Hall–Kier alpha value is -0.790. The fourth-order valence-electron chi connectivity index (χ4n) is 2.83. The summed E-state index contributed by atoms with van der Waals surface area (Å²) in [6.45, 7) is 6.53. The lowest BCUT2D eigenvalue weighted by Crippen LogP contribution is -1.90. The zero-order valence-electron chi connectivity index (χ0n) is 15.2. The molecule has 1 N–H and O–H groups in total. The summed E-state index contributed by atoms with van der Waals surface area (Å²) in [5.74, 6) is 0.0464. The van der Waals surface area contributed by atoms with Crippen molar-refractivity contribution in [1.29, 1.82) is 0 Å². The maximum atomic E-state index is 10.5. The fraction of sp³-hybridized carbons (Fsp3) is 0.850. The van der Waals surface area contributed by atoms with Gasteiger partial charge in [-0.2, -0.15) is 0 Å². The van der Waals surface area contributed by atoms with Gasteiger partial charge in [-0.15, -0.1) is 0 Å². The molecule has 2 nitrogen and oxygen atoms in total. The summed E-state index contributed by atoms with van der Waals surface area (Å²) in [6.07, 6.45) is 18.5. The molecule has 0 heterocycles. The van der Waals surface area contributed by atoms with Gasteiger partial charge in [-0.3, -0.25) is 0 Å². The molecule has 0 aromatic heterocycles. The van der Waals surface area contributed by atoms with E-state index >= 15 is 0 Å². The predicted molar refractivity (Wildman–Crippen MR) is 96.3 cm³/mol. The highest BCUT2D eigenvalue weighted by Gasteiger charge is 1.97. The molecule has 0 aromatic rings. The van der Waals surface area contributed by atoms with E-state index < -0.39 is 5.97 Å². The maximum absolute atomic E-state index is 10.5. The Balaban J connectivity index is 3.16. The van der Waals surface area contributed by atoms with Gasteiger partial charge in [-0.25, -0.2) is 4.79 Å². The standard InChI is InChI=1S/C20H38O2/c1-18(2)15-13-11-9-7-5-4-6-8-10-12-14-16-19(3)17-20(21)22/h17-18H,4-16H2,1-3H3,(H,21,22). The molecule has 0 saturated heterocycles. The van der Waals surface area contributed by atoms with Crippen LogP contribution in [0.1, 0.15) is 104 Å². The van der Waals surface area contributed by atoms with Gasteiger partial charge < -0.3 is 5.11 Å². The van der Waals surface area contributed by atoms with Crippen molar-refractivity contribution in [1.82, 2.24) is 0 Å². The third kappa shape index (κ3) is 17.3. The van der Waals surface area contributed by atoms with Gasteiger partial charge in [0.1, 0.15) is 0 Å². The molecule has 0 spiro atoms. The van der Waals surface area contributed by atoms with E-state index in [1.54, 1.807) is 0 Å². The Bertz CT molecular complexity index is 292. The van der Waals surface area contributed by atoms with Crippen molar-refractivity contribution >= 4 is 5.97 Å². The molecule has 0 aromatic carbocycles. The molecule has 0 aliphatic carbocycles. The molecular weight excluding hydrogens is 272 g/mol. The van der Waals surface area contributed by atoms with E-state index in [9.17, 15) is 4.79 Å². The van der Waals surface area contributed by atoms with E-state index in [4.69, 9.17) is 5.11 Å². The summed E-state index contributed by atoms with van der Waals surface area (Å²) < 4.78 is 0. The van der Waals surface area contributed by atoms with E-state index in [0.29, 0.717) is 0 Å². The molecule has 0 radical (unpaired) electrons. The summed E-state index contributed by atoms with van der Waals surface area (Å²) in [7, 11) is 0. The number of carboxylic acid groups (broad SMARTS) is 1. The van der Waals surface area contributed by atoms with Crippen LogP contribution in [0.15, 0.2) is 11.6 Å². The fourth-order valence-corrected chi connectivity index (χ4v) is 2.83. The molecular formula is C20H38O2. The highest BCUT2D eigenvalue weighted by Crippen LogP contribution is 2.15. The zero-order chi connectivity index (χ0) is 16.6. The first-order chi connectivity index (χ1) is 10.5. The van der Waals surface area contributed by atoms with Crippen molar-refractivity contribution in [2.45, 2.75) is 104 Å². The molecule has 0 bridgehead atoms. The Morgan fingerprint density at radius 2 is 1.23 bits per heavy atom. The van der Waals surface area contributed by atoms with Crippen LogP contribution in [0.3, 0.4) is 0 Å². The van der Waals surface area contributed by atoms with Crippen molar-refractivity contribution in [3.63, 3.8) is 0 Å². The van der Waals surface area contributed by atoms with Crippen LogP contribution in [0.5, 0.6) is 0 Å².